The maximum Gasteiger partial charge on any atom is 0.257 e. The molecule has 2 aromatic carbocycles. The molecule has 0 radical (unpaired) electrons. The van der Waals surface area contributed by atoms with Crippen LogP contribution in [0.4, 0.5) is 5.13 Å². The van der Waals surface area contributed by atoms with E-state index in [1.165, 1.54) is 11.3 Å². The Labute approximate surface area is 162 Å². The Hall–Kier alpha value is -2.77. The predicted molar refractivity (Wildman–Crippen MR) is 109 cm³/mol. The number of carbonyl (C=O) groups is 1. The van der Waals surface area contributed by atoms with E-state index in [0.717, 1.165) is 16.5 Å². The Morgan fingerprint density at radius 2 is 2.04 bits per heavy atom. The highest BCUT2D eigenvalue weighted by Crippen LogP contribution is 2.30. The molecule has 0 unspecified atom stereocenters. The maximum atomic E-state index is 12.5. The molecule has 0 aliphatic carbocycles. The van der Waals surface area contributed by atoms with Crippen molar-refractivity contribution in [2.24, 2.45) is 0 Å². The van der Waals surface area contributed by atoms with Crippen LogP contribution in [0.1, 0.15) is 15.9 Å². The third-order valence-electron chi connectivity index (χ3n) is 3.96. The van der Waals surface area contributed by atoms with Crippen molar-refractivity contribution in [3.63, 3.8) is 0 Å². The van der Waals surface area contributed by atoms with Gasteiger partial charge in [-0.3, -0.25) is 14.3 Å². The standard InChI is InChI=1S/C20H16N2O3S2/c1-27(24)12-13-5-4-7-15(9-13)19(23)22-20-21-16(11-26-20)18-10-14-6-2-3-8-17(14)25-18/h2-11H,12H2,1H3,(H,21,22,23)/t27-/m1/s1. The monoisotopic (exact) mass is 396 g/mol. The number of rotatable bonds is 5. The zero-order chi connectivity index (χ0) is 18.8. The predicted octanol–water partition coefficient (Wildman–Crippen LogP) is 4.69. The van der Waals surface area contributed by atoms with Gasteiger partial charge < -0.3 is 4.42 Å². The second-order valence-electron chi connectivity index (χ2n) is 6.06. The van der Waals surface area contributed by atoms with Crippen LogP contribution in [0, 0.1) is 0 Å². The van der Waals surface area contributed by atoms with Crippen LogP contribution >= 0.6 is 11.3 Å². The van der Waals surface area contributed by atoms with Crippen LogP contribution < -0.4 is 5.32 Å². The van der Waals surface area contributed by atoms with Crippen molar-refractivity contribution in [1.82, 2.24) is 4.98 Å². The Morgan fingerprint density at radius 3 is 2.85 bits per heavy atom. The number of nitrogens with zero attached hydrogens (tertiary/aromatic N) is 1. The van der Waals surface area contributed by atoms with Crippen molar-refractivity contribution in [3.8, 4) is 11.5 Å². The highest BCUT2D eigenvalue weighted by molar-refractivity contribution is 7.83. The minimum atomic E-state index is -0.953. The Bertz CT molecular complexity index is 1110. The molecule has 2 aromatic heterocycles. The lowest BCUT2D eigenvalue weighted by Gasteiger charge is -2.04. The number of aromatic nitrogens is 1. The highest BCUT2D eigenvalue weighted by atomic mass is 32.2. The van der Waals surface area contributed by atoms with Crippen LogP contribution in [0.3, 0.4) is 0 Å². The first-order valence-corrected chi connectivity index (χ1v) is 10.8. The molecular weight excluding hydrogens is 380 g/mol. The van der Waals surface area contributed by atoms with E-state index in [1.54, 1.807) is 24.5 Å². The van der Waals surface area contributed by atoms with Gasteiger partial charge in [-0.15, -0.1) is 11.3 Å². The number of anilines is 1. The van der Waals surface area contributed by atoms with Gasteiger partial charge in [-0.2, -0.15) is 0 Å². The SMILES string of the molecule is C[S@@](=O)Cc1cccc(C(=O)Nc2nc(-c3cc4ccccc4o3)cs2)c1. The number of benzene rings is 2. The summed E-state index contributed by atoms with van der Waals surface area (Å²) in [7, 11) is -0.953. The first-order chi connectivity index (χ1) is 13.1. The summed E-state index contributed by atoms with van der Waals surface area (Å²) in [6, 6.07) is 16.8. The van der Waals surface area contributed by atoms with E-state index < -0.39 is 10.8 Å². The number of nitrogens with one attached hydrogen (secondary N) is 1. The van der Waals surface area contributed by atoms with Crippen LogP contribution in [0.25, 0.3) is 22.4 Å². The van der Waals surface area contributed by atoms with Gasteiger partial charge in [-0.05, 0) is 29.8 Å². The lowest BCUT2D eigenvalue weighted by atomic mass is 10.1. The molecule has 4 aromatic rings. The van der Waals surface area contributed by atoms with Crippen LogP contribution in [-0.2, 0) is 16.6 Å². The number of para-hydroxylation sites is 1. The molecule has 7 heteroatoms. The number of thiazole rings is 1. The van der Waals surface area contributed by atoms with E-state index in [0.29, 0.717) is 27.9 Å². The fourth-order valence-electron chi connectivity index (χ4n) is 2.76. The second kappa shape index (κ2) is 7.46. The molecule has 5 nitrogen and oxygen atoms in total. The van der Waals surface area contributed by atoms with Gasteiger partial charge in [0.1, 0.15) is 11.3 Å². The fourth-order valence-corrected chi connectivity index (χ4v) is 4.10. The number of fused-ring (bicyclic) bond motifs is 1. The Morgan fingerprint density at radius 1 is 1.19 bits per heavy atom. The lowest BCUT2D eigenvalue weighted by Crippen LogP contribution is -2.12. The minimum absolute atomic E-state index is 0.246. The van der Waals surface area contributed by atoms with Crippen molar-refractivity contribution in [2.75, 3.05) is 11.6 Å². The first-order valence-electron chi connectivity index (χ1n) is 8.23. The van der Waals surface area contributed by atoms with E-state index in [-0.39, 0.29) is 5.91 Å². The summed E-state index contributed by atoms with van der Waals surface area (Å²) in [6.45, 7) is 0. The summed E-state index contributed by atoms with van der Waals surface area (Å²) in [5.41, 5.74) is 2.86. The van der Waals surface area contributed by atoms with Gasteiger partial charge in [-0.1, -0.05) is 30.3 Å². The van der Waals surface area contributed by atoms with E-state index in [4.69, 9.17) is 4.42 Å². The van der Waals surface area contributed by atoms with Crippen LogP contribution in [0.15, 0.2) is 64.4 Å². The number of furan rings is 1. The molecular formula is C20H16N2O3S2. The summed E-state index contributed by atoms with van der Waals surface area (Å²) in [5, 5.41) is 6.18. The molecule has 0 aliphatic heterocycles. The van der Waals surface area contributed by atoms with Gasteiger partial charge in [0.2, 0.25) is 0 Å². The number of hydrogen-bond acceptors (Lipinski definition) is 5. The Kier molecular flexibility index (Phi) is 4.87. The summed E-state index contributed by atoms with van der Waals surface area (Å²) in [6.07, 6.45) is 1.64. The largest absolute Gasteiger partial charge is 0.454 e. The fraction of sp³-hybridized carbons (Fsp3) is 0.100. The second-order valence-corrected chi connectivity index (χ2v) is 8.35. The van der Waals surface area contributed by atoms with Crippen molar-refractivity contribution in [2.45, 2.75) is 5.75 Å². The smallest absolute Gasteiger partial charge is 0.257 e. The third kappa shape index (κ3) is 3.99. The van der Waals surface area contributed by atoms with Crippen molar-refractivity contribution >= 4 is 44.1 Å². The van der Waals surface area contributed by atoms with Gasteiger partial charge in [-0.25, -0.2) is 4.98 Å². The highest BCUT2D eigenvalue weighted by Gasteiger charge is 2.13. The summed E-state index contributed by atoms with van der Waals surface area (Å²) in [4.78, 5) is 17.0. The molecule has 4 rings (SSSR count). The minimum Gasteiger partial charge on any atom is -0.454 e. The molecule has 136 valence electrons. The summed E-state index contributed by atoms with van der Waals surface area (Å²) >= 11 is 1.34. The molecule has 0 saturated heterocycles. The molecule has 1 atom stereocenters. The van der Waals surface area contributed by atoms with Crippen molar-refractivity contribution in [3.05, 3.63) is 71.1 Å². The molecule has 0 spiro atoms. The summed E-state index contributed by atoms with van der Waals surface area (Å²) < 4.78 is 17.2. The van der Waals surface area contributed by atoms with Crippen LogP contribution in [-0.4, -0.2) is 21.4 Å². The maximum absolute atomic E-state index is 12.5. The molecule has 0 saturated carbocycles. The van der Waals surface area contributed by atoms with E-state index >= 15 is 0 Å². The van der Waals surface area contributed by atoms with Gasteiger partial charge >= 0.3 is 0 Å². The molecule has 0 bridgehead atoms. The number of carbonyl (C=O) groups excluding carboxylic acids is 1. The van der Waals surface area contributed by atoms with Crippen molar-refractivity contribution in [1.29, 1.82) is 0 Å². The third-order valence-corrected chi connectivity index (χ3v) is 5.46. The quantitative estimate of drug-likeness (QED) is 0.531. The number of hydrogen-bond donors (Lipinski definition) is 1. The molecule has 1 amide bonds. The van der Waals surface area contributed by atoms with E-state index in [1.807, 2.05) is 41.8 Å². The molecule has 1 N–H and O–H groups in total. The van der Waals surface area contributed by atoms with Crippen LogP contribution in [0.2, 0.25) is 0 Å². The van der Waals surface area contributed by atoms with Gasteiger partial charge in [0, 0.05) is 39.1 Å². The molecule has 0 aliphatic rings. The topological polar surface area (TPSA) is 72.2 Å². The van der Waals surface area contributed by atoms with Gasteiger partial charge in [0.05, 0.1) is 0 Å². The molecule has 2 heterocycles. The zero-order valence-corrected chi connectivity index (χ0v) is 16.1. The average molecular weight is 396 g/mol. The van der Waals surface area contributed by atoms with Crippen LogP contribution in [0.5, 0.6) is 0 Å². The average Bonchev–Trinajstić information content (AvgIpc) is 3.27. The van der Waals surface area contributed by atoms with E-state index in [9.17, 15) is 9.00 Å². The van der Waals surface area contributed by atoms with Gasteiger partial charge in [0.25, 0.3) is 5.91 Å². The first kappa shape index (κ1) is 17.6. The zero-order valence-electron chi connectivity index (χ0n) is 14.5. The molecule has 27 heavy (non-hydrogen) atoms. The van der Waals surface area contributed by atoms with E-state index in [2.05, 4.69) is 10.3 Å². The number of amides is 1. The van der Waals surface area contributed by atoms with Crippen molar-refractivity contribution < 1.29 is 13.4 Å². The summed E-state index contributed by atoms with van der Waals surface area (Å²) in [5.74, 6) is 0.846. The Balaban J connectivity index is 1.52. The van der Waals surface area contributed by atoms with Gasteiger partial charge in [0.15, 0.2) is 10.9 Å². The normalized spacial score (nSPS) is 12.2. The molecule has 0 fully saturated rings. The lowest BCUT2D eigenvalue weighted by molar-refractivity contribution is 0.102.